The molecule has 1 aromatic rings. The van der Waals surface area contributed by atoms with Gasteiger partial charge in [0.1, 0.15) is 6.04 Å². The number of carboxylic acids is 1. The molecular weight excluding hydrogens is 286 g/mol. The molecule has 1 aromatic heterocycles. The lowest BCUT2D eigenvalue weighted by Crippen LogP contribution is -2.51. The van der Waals surface area contributed by atoms with Gasteiger partial charge in [0.05, 0.1) is 6.42 Å². The average molecular weight is 307 g/mol. The van der Waals surface area contributed by atoms with Crippen molar-refractivity contribution in [3.63, 3.8) is 0 Å². The largest absolute Gasteiger partial charge is 0.481 e. The number of hydrogen-bond acceptors (Lipinski definition) is 4. The van der Waals surface area contributed by atoms with E-state index in [1.807, 2.05) is 20.8 Å². The summed E-state index contributed by atoms with van der Waals surface area (Å²) in [5.41, 5.74) is 0.0600. The topological polar surface area (TPSA) is 108 Å². The molecule has 7 nitrogen and oxygen atoms in total. The maximum absolute atomic E-state index is 12.4. The second-order valence-electron chi connectivity index (χ2n) is 5.99. The summed E-state index contributed by atoms with van der Waals surface area (Å²) in [4.78, 5) is 38.5. The third-order valence-electron chi connectivity index (χ3n) is 2.95. The van der Waals surface area contributed by atoms with Gasteiger partial charge in [-0.2, -0.15) is 0 Å². The Kier molecular flexibility index (Phi) is 6.03. The normalized spacial score (nSPS) is 12.3. The molecular formula is C15H21N3O4. The van der Waals surface area contributed by atoms with Crippen LogP contribution in [0.3, 0.4) is 0 Å². The predicted octanol–water partition coefficient (Wildman–Crippen LogP) is 1.42. The van der Waals surface area contributed by atoms with Crippen molar-refractivity contribution in [1.29, 1.82) is 0 Å². The van der Waals surface area contributed by atoms with Crippen LogP contribution in [-0.2, 0) is 14.4 Å². The number of nitrogens with zero attached hydrogens (tertiary/aromatic N) is 1. The SMILES string of the molecule is CC(C)(C)[C@H](NC(=O)CCC(=O)O)C(=O)Nc1ccncc1. The molecule has 3 N–H and O–H groups in total. The van der Waals surface area contributed by atoms with E-state index >= 15 is 0 Å². The standard InChI is InChI=1S/C15H21N3O4/c1-15(2,3)13(18-11(19)4-5-12(20)21)14(22)17-10-6-8-16-9-7-10/h6-9,13H,4-5H2,1-3H3,(H,18,19)(H,20,21)(H,16,17,22)/t13-/m1/s1. The average Bonchev–Trinajstić information content (AvgIpc) is 2.42. The van der Waals surface area contributed by atoms with Gasteiger partial charge in [0.25, 0.3) is 0 Å². The van der Waals surface area contributed by atoms with Crippen molar-refractivity contribution in [3.05, 3.63) is 24.5 Å². The van der Waals surface area contributed by atoms with Gasteiger partial charge in [0.15, 0.2) is 0 Å². The van der Waals surface area contributed by atoms with Gasteiger partial charge >= 0.3 is 5.97 Å². The minimum Gasteiger partial charge on any atom is -0.481 e. The van der Waals surface area contributed by atoms with Crippen LogP contribution in [0.4, 0.5) is 5.69 Å². The Labute approximate surface area is 129 Å². The Balaban J connectivity index is 2.74. The predicted molar refractivity (Wildman–Crippen MR) is 81.1 cm³/mol. The summed E-state index contributed by atoms with van der Waals surface area (Å²) in [5, 5.41) is 13.9. The molecule has 120 valence electrons. The highest BCUT2D eigenvalue weighted by Gasteiger charge is 2.32. The van der Waals surface area contributed by atoms with E-state index in [0.717, 1.165) is 0 Å². The molecule has 1 atom stereocenters. The number of anilines is 1. The van der Waals surface area contributed by atoms with E-state index in [-0.39, 0.29) is 18.7 Å². The van der Waals surface area contributed by atoms with Crippen LogP contribution in [0, 0.1) is 5.41 Å². The quantitative estimate of drug-likeness (QED) is 0.736. The number of rotatable bonds is 6. The molecule has 0 saturated heterocycles. The molecule has 7 heteroatoms. The fraction of sp³-hybridized carbons (Fsp3) is 0.467. The zero-order valence-corrected chi connectivity index (χ0v) is 12.9. The van der Waals surface area contributed by atoms with Gasteiger partial charge in [0, 0.05) is 24.5 Å². The molecule has 0 aliphatic rings. The van der Waals surface area contributed by atoms with Gasteiger partial charge in [-0.15, -0.1) is 0 Å². The number of pyridine rings is 1. The van der Waals surface area contributed by atoms with Gasteiger partial charge in [-0.1, -0.05) is 20.8 Å². The molecule has 1 heterocycles. The molecule has 0 fully saturated rings. The van der Waals surface area contributed by atoms with Gasteiger partial charge in [0.2, 0.25) is 11.8 Å². The molecule has 0 spiro atoms. The number of hydrogen-bond donors (Lipinski definition) is 3. The van der Waals surface area contributed by atoms with Gasteiger partial charge in [-0.3, -0.25) is 19.4 Å². The van der Waals surface area contributed by atoms with Crippen molar-refractivity contribution in [3.8, 4) is 0 Å². The summed E-state index contributed by atoms with van der Waals surface area (Å²) >= 11 is 0. The van der Waals surface area contributed by atoms with Gasteiger partial charge < -0.3 is 15.7 Å². The van der Waals surface area contributed by atoms with E-state index in [4.69, 9.17) is 5.11 Å². The molecule has 0 bridgehead atoms. The van der Waals surface area contributed by atoms with Gasteiger partial charge in [-0.25, -0.2) is 0 Å². The highest BCUT2D eigenvalue weighted by Crippen LogP contribution is 2.21. The molecule has 0 saturated carbocycles. The highest BCUT2D eigenvalue weighted by molar-refractivity contribution is 5.97. The van der Waals surface area contributed by atoms with Crippen LogP contribution in [0.1, 0.15) is 33.6 Å². The monoisotopic (exact) mass is 307 g/mol. The first-order valence-corrected chi connectivity index (χ1v) is 6.92. The number of aliphatic carboxylic acids is 1. The highest BCUT2D eigenvalue weighted by atomic mass is 16.4. The van der Waals surface area contributed by atoms with Crippen LogP contribution < -0.4 is 10.6 Å². The summed E-state index contributed by atoms with van der Waals surface area (Å²) in [5.74, 6) is -1.88. The smallest absolute Gasteiger partial charge is 0.303 e. The Morgan fingerprint density at radius 3 is 2.27 bits per heavy atom. The Morgan fingerprint density at radius 1 is 1.18 bits per heavy atom. The van der Waals surface area contributed by atoms with Crippen LogP contribution in [0.2, 0.25) is 0 Å². The third kappa shape index (κ3) is 5.90. The van der Waals surface area contributed by atoms with Crippen molar-refractivity contribution in [1.82, 2.24) is 10.3 Å². The Hall–Kier alpha value is -2.44. The number of nitrogens with one attached hydrogen (secondary N) is 2. The van der Waals surface area contributed by atoms with E-state index in [9.17, 15) is 14.4 Å². The van der Waals surface area contributed by atoms with E-state index in [0.29, 0.717) is 5.69 Å². The maximum atomic E-state index is 12.4. The Bertz CT molecular complexity index is 537. The Morgan fingerprint density at radius 2 is 1.77 bits per heavy atom. The maximum Gasteiger partial charge on any atom is 0.303 e. The second kappa shape index (κ2) is 7.53. The number of carboxylic acid groups (broad SMARTS) is 1. The minimum absolute atomic E-state index is 0.162. The van der Waals surface area contributed by atoms with Crippen molar-refractivity contribution in [2.24, 2.45) is 5.41 Å². The van der Waals surface area contributed by atoms with Crippen LogP contribution in [-0.4, -0.2) is 33.9 Å². The van der Waals surface area contributed by atoms with Crippen LogP contribution in [0.25, 0.3) is 0 Å². The first kappa shape index (κ1) is 17.6. The minimum atomic E-state index is -1.05. The fourth-order valence-electron chi connectivity index (χ4n) is 1.78. The second-order valence-corrected chi connectivity index (χ2v) is 5.99. The summed E-state index contributed by atoms with van der Waals surface area (Å²) in [6.07, 6.45) is 2.67. The number of carbonyl (C=O) groups excluding carboxylic acids is 2. The van der Waals surface area contributed by atoms with Crippen molar-refractivity contribution in [2.45, 2.75) is 39.7 Å². The van der Waals surface area contributed by atoms with E-state index in [2.05, 4.69) is 15.6 Å². The van der Waals surface area contributed by atoms with Crippen molar-refractivity contribution >= 4 is 23.5 Å². The first-order chi connectivity index (χ1) is 10.2. The lowest BCUT2D eigenvalue weighted by molar-refractivity contribution is -0.139. The molecule has 0 aliphatic carbocycles. The molecule has 22 heavy (non-hydrogen) atoms. The summed E-state index contributed by atoms with van der Waals surface area (Å²) in [7, 11) is 0. The zero-order valence-electron chi connectivity index (χ0n) is 12.9. The molecule has 0 aliphatic heterocycles. The van der Waals surface area contributed by atoms with Crippen LogP contribution >= 0.6 is 0 Å². The van der Waals surface area contributed by atoms with E-state index in [1.165, 1.54) is 0 Å². The van der Waals surface area contributed by atoms with Crippen LogP contribution in [0.5, 0.6) is 0 Å². The van der Waals surface area contributed by atoms with Crippen molar-refractivity contribution < 1.29 is 19.5 Å². The van der Waals surface area contributed by atoms with E-state index in [1.54, 1.807) is 24.5 Å². The lowest BCUT2D eigenvalue weighted by Gasteiger charge is -2.30. The molecule has 2 amide bonds. The molecule has 0 unspecified atom stereocenters. The number of aromatic nitrogens is 1. The lowest BCUT2D eigenvalue weighted by atomic mass is 9.86. The molecule has 0 aromatic carbocycles. The van der Waals surface area contributed by atoms with E-state index < -0.39 is 23.3 Å². The summed E-state index contributed by atoms with van der Waals surface area (Å²) in [6, 6.07) is 2.51. The number of carbonyl (C=O) groups is 3. The third-order valence-corrected chi connectivity index (χ3v) is 2.95. The molecule has 0 radical (unpaired) electrons. The van der Waals surface area contributed by atoms with Crippen LogP contribution in [0.15, 0.2) is 24.5 Å². The number of amides is 2. The first-order valence-electron chi connectivity index (χ1n) is 6.92. The fourth-order valence-corrected chi connectivity index (χ4v) is 1.78. The molecule has 1 rings (SSSR count). The van der Waals surface area contributed by atoms with Crippen molar-refractivity contribution in [2.75, 3.05) is 5.32 Å². The summed E-state index contributed by atoms with van der Waals surface area (Å²) < 4.78 is 0. The summed E-state index contributed by atoms with van der Waals surface area (Å²) in [6.45, 7) is 5.46. The van der Waals surface area contributed by atoms with Gasteiger partial charge in [-0.05, 0) is 17.5 Å². The zero-order chi connectivity index (χ0) is 16.8.